The molecule has 0 fully saturated rings. The third kappa shape index (κ3) is 4.36. The molecule has 0 bridgehead atoms. The molecule has 1 heterocycles. The molecule has 3 aromatic rings. The predicted molar refractivity (Wildman–Crippen MR) is 100 cm³/mol. The Labute approximate surface area is 157 Å². The molecule has 0 aliphatic carbocycles. The van der Waals surface area contributed by atoms with Gasteiger partial charge in [0.05, 0.1) is 0 Å². The van der Waals surface area contributed by atoms with E-state index < -0.39 is 6.04 Å². The Hall–Kier alpha value is -3.09. The second kappa shape index (κ2) is 8.07. The van der Waals surface area contributed by atoms with E-state index in [0.717, 1.165) is 11.1 Å². The van der Waals surface area contributed by atoms with E-state index in [1.807, 2.05) is 44.2 Å². The molecule has 0 aliphatic heterocycles. The average Bonchev–Trinajstić information content (AvgIpc) is 3.12. The van der Waals surface area contributed by atoms with Crippen molar-refractivity contribution in [3.8, 4) is 11.4 Å². The number of aromatic nitrogens is 4. The Morgan fingerprint density at radius 2 is 1.89 bits per heavy atom. The molecule has 1 unspecified atom stereocenters. The highest BCUT2D eigenvalue weighted by molar-refractivity contribution is 5.80. The van der Waals surface area contributed by atoms with E-state index >= 15 is 0 Å². The number of rotatable bonds is 6. The summed E-state index contributed by atoms with van der Waals surface area (Å²) in [6, 6.07) is 15.1. The van der Waals surface area contributed by atoms with Gasteiger partial charge < -0.3 is 4.90 Å². The first kappa shape index (κ1) is 18.7. The zero-order valence-corrected chi connectivity index (χ0v) is 15.6. The molecule has 6 nitrogen and oxygen atoms in total. The molecule has 0 saturated carbocycles. The molecule has 140 valence electrons. The fourth-order valence-corrected chi connectivity index (χ4v) is 2.91. The van der Waals surface area contributed by atoms with E-state index in [9.17, 15) is 9.18 Å². The summed E-state index contributed by atoms with van der Waals surface area (Å²) >= 11 is 0. The van der Waals surface area contributed by atoms with E-state index in [4.69, 9.17) is 0 Å². The quantitative estimate of drug-likeness (QED) is 0.670. The standard InChI is InChI=1S/C20H22FN5O/c1-14(2)18(20(27)25(3)13-15-8-7-11-17(21)12-15)26-23-19(22-24-26)16-9-5-4-6-10-16/h4-12,14,18H,13H2,1-3H3. The largest absolute Gasteiger partial charge is 0.340 e. The zero-order chi connectivity index (χ0) is 19.4. The lowest BCUT2D eigenvalue weighted by Gasteiger charge is -2.25. The van der Waals surface area contributed by atoms with Gasteiger partial charge in [0.25, 0.3) is 0 Å². The Kier molecular flexibility index (Phi) is 5.59. The SMILES string of the molecule is CC(C)C(C(=O)N(C)Cc1cccc(F)c1)n1nnc(-c2ccccc2)n1. The molecule has 2 aromatic carbocycles. The second-order valence-corrected chi connectivity index (χ2v) is 6.81. The van der Waals surface area contributed by atoms with Gasteiger partial charge in [-0.1, -0.05) is 56.3 Å². The van der Waals surface area contributed by atoms with Crippen molar-refractivity contribution in [3.05, 3.63) is 66.0 Å². The topological polar surface area (TPSA) is 63.9 Å². The first-order valence-electron chi connectivity index (χ1n) is 8.80. The number of likely N-dealkylation sites (N-methyl/N-ethyl adjacent to an activating group) is 1. The van der Waals surface area contributed by atoms with Gasteiger partial charge in [-0.25, -0.2) is 4.39 Å². The number of halogens is 1. The zero-order valence-electron chi connectivity index (χ0n) is 15.6. The van der Waals surface area contributed by atoms with E-state index in [1.165, 1.54) is 16.9 Å². The summed E-state index contributed by atoms with van der Waals surface area (Å²) in [6.07, 6.45) is 0. The molecule has 0 spiro atoms. The van der Waals surface area contributed by atoms with Gasteiger partial charge in [0.2, 0.25) is 11.7 Å². The Morgan fingerprint density at radius 1 is 1.15 bits per heavy atom. The molecule has 3 rings (SSSR count). The molecule has 0 radical (unpaired) electrons. The molecule has 7 heteroatoms. The summed E-state index contributed by atoms with van der Waals surface area (Å²) in [7, 11) is 1.69. The Morgan fingerprint density at radius 3 is 2.56 bits per heavy atom. The van der Waals surface area contributed by atoms with Gasteiger partial charge in [-0.05, 0) is 28.8 Å². The second-order valence-electron chi connectivity index (χ2n) is 6.81. The van der Waals surface area contributed by atoms with Crippen molar-refractivity contribution < 1.29 is 9.18 Å². The summed E-state index contributed by atoms with van der Waals surface area (Å²) in [6.45, 7) is 4.17. The van der Waals surface area contributed by atoms with Crippen LogP contribution < -0.4 is 0 Å². The van der Waals surface area contributed by atoms with Gasteiger partial charge >= 0.3 is 0 Å². The van der Waals surface area contributed by atoms with Crippen LogP contribution in [0, 0.1) is 11.7 Å². The molecular formula is C20H22FN5O. The van der Waals surface area contributed by atoms with Crippen molar-refractivity contribution in [3.63, 3.8) is 0 Å². The van der Waals surface area contributed by atoms with Crippen LogP contribution in [0.1, 0.15) is 25.5 Å². The molecule has 0 N–H and O–H groups in total. The minimum absolute atomic E-state index is 0.0368. The Balaban J connectivity index is 1.80. The van der Waals surface area contributed by atoms with Crippen molar-refractivity contribution >= 4 is 5.91 Å². The fraction of sp³-hybridized carbons (Fsp3) is 0.300. The number of carbonyl (C=O) groups is 1. The monoisotopic (exact) mass is 367 g/mol. The van der Waals surface area contributed by atoms with E-state index in [0.29, 0.717) is 12.4 Å². The van der Waals surface area contributed by atoms with Crippen LogP contribution in [0.25, 0.3) is 11.4 Å². The van der Waals surface area contributed by atoms with Gasteiger partial charge in [0, 0.05) is 19.2 Å². The number of carbonyl (C=O) groups excluding carboxylic acids is 1. The van der Waals surface area contributed by atoms with Crippen LogP contribution in [0.4, 0.5) is 4.39 Å². The summed E-state index contributed by atoms with van der Waals surface area (Å²) in [5.41, 5.74) is 1.57. The third-order valence-electron chi connectivity index (χ3n) is 4.28. The van der Waals surface area contributed by atoms with Gasteiger partial charge in [-0.3, -0.25) is 4.79 Å². The normalized spacial score (nSPS) is 12.2. The number of hydrogen-bond donors (Lipinski definition) is 0. The van der Waals surface area contributed by atoms with Crippen LogP contribution in [0.2, 0.25) is 0 Å². The lowest BCUT2D eigenvalue weighted by Crippen LogP contribution is -2.37. The van der Waals surface area contributed by atoms with Crippen LogP contribution in [-0.2, 0) is 11.3 Å². The average molecular weight is 367 g/mol. The maximum atomic E-state index is 13.4. The third-order valence-corrected chi connectivity index (χ3v) is 4.28. The summed E-state index contributed by atoms with van der Waals surface area (Å²) in [5.74, 6) is -0.0300. The van der Waals surface area contributed by atoms with Gasteiger partial charge in [-0.2, -0.15) is 4.80 Å². The number of hydrogen-bond acceptors (Lipinski definition) is 4. The van der Waals surface area contributed by atoms with Crippen molar-refractivity contribution in [1.29, 1.82) is 0 Å². The fourth-order valence-electron chi connectivity index (χ4n) is 2.91. The predicted octanol–water partition coefficient (Wildman–Crippen LogP) is 3.33. The van der Waals surface area contributed by atoms with Crippen molar-refractivity contribution in [1.82, 2.24) is 25.1 Å². The number of benzene rings is 2. The molecule has 1 amide bonds. The van der Waals surface area contributed by atoms with Gasteiger partial charge in [0.15, 0.2) is 6.04 Å². The highest BCUT2D eigenvalue weighted by atomic mass is 19.1. The molecule has 0 aliphatic rings. The molecule has 1 aromatic heterocycles. The van der Waals surface area contributed by atoms with Crippen molar-refractivity contribution in [2.45, 2.75) is 26.4 Å². The van der Waals surface area contributed by atoms with Crippen LogP contribution in [0.5, 0.6) is 0 Å². The number of tetrazole rings is 1. The minimum atomic E-state index is -0.589. The van der Waals surface area contributed by atoms with Crippen LogP contribution in [0.3, 0.4) is 0 Å². The van der Waals surface area contributed by atoms with E-state index in [-0.39, 0.29) is 17.6 Å². The van der Waals surface area contributed by atoms with Crippen molar-refractivity contribution in [2.75, 3.05) is 7.05 Å². The smallest absolute Gasteiger partial charge is 0.249 e. The van der Waals surface area contributed by atoms with Gasteiger partial charge in [0.1, 0.15) is 5.82 Å². The highest BCUT2D eigenvalue weighted by Gasteiger charge is 2.29. The van der Waals surface area contributed by atoms with Crippen LogP contribution in [-0.4, -0.2) is 38.1 Å². The van der Waals surface area contributed by atoms with E-state index in [2.05, 4.69) is 15.4 Å². The van der Waals surface area contributed by atoms with Crippen LogP contribution in [0.15, 0.2) is 54.6 Å². The molecule has 1 atom stereocenters. The van der Waals surface area contributed by atoms with Gasteiger partial charge in [-0.15, -0.1) is 10.2 Å². The summed E-state index contributed by atoms with van der Waals surface area (Å²) in [4.78, 5) is 16.0. The first-order chi connectivity index (χ1) is 13.0. The Bertz CT molecular complexity index is 910. The minimum Gasteiger partial charge on any atom is -0.340 e. The maximum absolute atomic E-state index is 13.4. The van der Waals surface area contributed by atoms with E-state index in [1.54, 1.807) is 24.1 Å². The number of nitrogens with zero attached hydrogens (tertiary/aromatic N) is 5. The maximum Gasteiger partial charge on any atom is 0.249 e. The molecular weight excluding hydrogens is 345 g/mol. The summed E-state index contributed by atoms with van der Waals surface area (Å²) < 4.78 is 13.4. The van der Waals surface area contributed by atoms with Crippen molar-refractivity contribution in [2.24, 2.45) is 5.92 Å². The molecule has 0 saturated heterocycles. The molecule has 27 heavy (non-hydrogen) atoms. The summed E-state index contributed by atoms with van der Waals surface area (Å²) in [5, 5.41) is 12.6. The van der Waals surface area contributed by atoms with Crippen LogP contribution >= 0.6 is 0 Å². The highest BCUT2D eigenvalue weighted by Crippen LogP contribution is 2.21. The lowest BCUT2D eigenvalue weighted by molar-refractivity contribution is -0.136. The lowest BCUT2D eigenvalue weighted by atomic mass is 10.0. The first-order valence-corrected chi connectivity index (χ1v) is 8.80. The number of amides is 1.